The maximum absolute atomic E-state index is 12.8. The van der Waals surface area contributed by atoms with E-state index >= 15 is 0 Å². The summed E-state index contributed by atoms with van der Waals surface area (Å²) in [6.07, 6.45) is 0. The van der Waals surface area contributed by atoms with E-state index in [1.165, 1.54) is 29.5 Å². The number of amides is 1. The number of hydrogen-bond acceptors (Lipinski definition) is 2. The van der Waals surface area contributed by atoms with Crippen molar-refractivity contribution < 1.29 is 9.18 Å². The van der Waals surface area contributed by atoms with E-state index in [1.807, 2.05) is 32.0 Å². The number of nitrogens with one attached hydrogen (secondary N) is 1. The lowest BCUT2D eigenvalue weighted by molar-refractivity contribution is -0.113. The molecule has 0 aliphatic carbocycles. The fraction of sp³-hybridized carbons (Fsp3) is 0.188. The lowest BCUT2D eigenvalue weighted by Gasteiger charge is -2.07. The number of carbonyl (C=O) groups is 1. The molecule has 0 bridgehead atoms. The van der Waals surface area contributed by atoms with Gasteiger partial charge in [0.1, 0.15) is 5.82 Å². The molecule has 2 aromatic rings. The second kappa shape index (κ2) is 6.57. The summed E-state index contributed by atoms with van der Waals surface area (Å²) >= 11 is 1.39. The molecule has 1 amide bonds. The first kappa shape index (κ1) is 14.6. The summed E-state index contributed by atoms with van der Waals surface area (Å²) in [7, 11) is 0. The predicted octanol–water partition coefficient (Wildman–Crippen LogP) is 4.17. The van der Waals surface area contributed by atoms with Crippen LogP contribution in [0.15, 0.2) is 47.4 Å². The second-order valence-corrected chi connectivity index (χ2v) is 5.64. The van der Waals surface area contributed by atoms with Crippen molar-refractivity contribution in [1.82, 2.24) is 0 Å². The average molecular weight is 289 g/mol. The van der Waals surface area contributed by atoms with Gasteiger partial charge in [-0.05, 0) is 61.4 Å². The largest absolute Gasteiger partial charge is 0.325 e. The Kier molecular flexibility index (Phi) is 4.79. The van der Waals surface area contributed by atoms with Crippen LogP contribution >= 0.6 is 11.8 Å². The van der Waals surface area contributed by atoms with Crippen molar-refractivity contribution in [1.29, 1.82) is 0 Å². The molecule has 4 heteroatoms. The SMILES string of the molecule is Cc1ccc(NC(=O)CSc2ccc(F)cc2)cc1C. The number of benzene rings is 2. The van der Waals surface area contributed by atoms with Gasteiger partial charge < -0.3 is 5.32 Å². The normalized spacial score (nSPS) is 10.3. The molecule has 0 heterocycles. The Morgan fingerprint density at radius 3 is 2.45 bits per heavy atom. The molecule has 0 aromatic heterocycles. The predicted molar refractivity (Wildman–Crippen MR) is 81.7 cm³/mol. The van der Waals surface area contributed by atoms with E-state index in [9.17, 15) is 9.18 Å². The van der Waals surface area contributed by atoms with E-state index in [-0.39, 0.29) is 11.7 Å². The van der Waals surface area contributed by atoms with Gasteiger partial charge in [0, 0.05) is 10.6 Å². The highest BCUT2D eigenvalue weighted by Crippen LogP contribution is 2.19. The molecule has 0 spiro atoms. The second-order valence-electron chi connectivity index (χ2n) is 4.59. The molecule has 0 saturated carbocycles. The van der Waals surface area contributed by atoms with Gasteiger partial charge in [-0.15, -0.1) is 11.8 Å². The van der Waals surface area contributed by atoms with Crippen molar-refractivity contribution in [3.05, 3.63) is 59.4 Å². The summed E-state index contributed by atoms with van der Waals surface area (Å²) in [5, 5.41) is 2.86. The number of rotatable bonds is 4. The molecule has 0 aliphatic rings. The minimum Gasteiger partial charge on any atom is -0.325 e. The number of hydrogen-bond donors (Lipinski definition) is 1. The first-order chi connectivity index (χ1) is 9.54. The molecule has 2 aromatic carbocycles. The lowest BCUT2D eigenvalue weighted by Crippen LogP contribution is -2.14. The topological polar surface area (TPSA) is 29.1 Å². The van der Waals surface area contributed by atoms with Crippen LogP contribution in [0.3, 0.4) is 0 Å². The Hall–Kier alpha value is -1.81. The number of aryl methyl sites for hydroxylation is 2. The molecular weight excluding hydrogens is 273 g/mol. The standard InChI is InChI=1S/C16H16FNOS/c1-11-3-6-14(9-12(11)2)18-16(19)10-20-15-7-4-13(17)5-8-15/h3-9H,10H2,1-2H3,(H,18,19). The van der Waals surface area contributed by atoms with Crippen molar-refractivity contribution >= 4 is 23.4 Å². The maximum Gasteiger partial charge on any atom is 0.234 e. The van der Waals surface area contributed by atoms with Crippen molar-refractivity contribution in [3.63, 3.8) is 0 Å². The maximum atomic E-state index is 12.8. The molecule has 0 radical (unpaired) electrons. The summed E-state index contributed by atoms with van der Waals surface area (Å²) in [4.78, 5) is 12.7. The van der Waals surface area contributed by atoms with Gasteiger partial charge in [0.25, 0.3) is 0 Å². The highest BCUT2D eigenvalue weighted by atomic mass is 32.2. The Labute approximate surface area is 122 Å². The molecule has 1 N–H and O–H groups in total. The molecule has 2 rings (SSSR count). The van der Waals surface area contributed by atoms with Crippen LogP contribution in [0.1, 0.15) is 11.1 Å². The fourth-order valence-electron chi connectivity index (χ4n) is 1.70. The van der Waals surface area contributed by atoms with E-state index < -0.39 is 0 Å². The monoisotopic (exact) mass is 289 g/mol. The van der Waals surface area contributed by atoms with Gasteiger partial charge in [-0.2, -0.15) is 0 Å². The fourth-order valence-corrected chi connectivity index (χ4v) is 2.39. The highest BCUT2D eigenvalue weighted by molar-refractivity contribution is 8.00. The minimum absolute atomic E-state index is 0.0671. The van der Waals surface area contributed by atoms with Crippen LogP contribution in [0.2, 0.25) is 0 Å². The Balaban J connectivity index is 1.89. The summed E-state index contributed by atoms with van der Waals surface area (Å²) in [5.41, 5.74) is 3.15. The van der Waals surface area contributed by atoms with Gasteiger partial charge in [0.15, 0.2) is 0 Å². The Morgan fingerprint density at radius 1 is 1.10 bits per heavy atom. The van der Waals surface area contributed by atoms with Gasteiger partial charge in [-0.3, -0.25) is 4.79 Å². The highest BCUT2D eigenvalue weighted by Gasteiger charge is 2.04. The minimum atomic E-state index is -0.270. The van der Waals surface area contributed by atoms with E-state index in [0.29, 0.717) is 5.75 Å². The van der Waals surface area contributed by atoms with Gasteiger partial charge in [0.05, 0.1) is 5.75 Å². The van der Waals surface area contributed by atoms with Crippen molar-refractivity contribution in [2.45, 2.75) is 18.7 Å². The number of halogens is 1. The molecule has 104 valence electrons. The first-order valence-corrected chi connectivity index (χ1v) is 7.28. The van der Waals surface area contributed by atoms with Crippen LogP contribution in [0, 0.1) is 19.7 Å². The quantitative estimate of drug-likeness (QED) is 0.856. The molecule has 0 unspecified atom stereocenters. The van der Waals surface area contributed by atoms with Crippen LogP contribution < -0.4 is 5.32 Å². The van der Waals surface area contributed by atoms with Gasteiger partial charge >= 0.3 is 0 Å². The van der Waals surface area contributed by atoms with E-state index in [2.05, 4.69) is 5.32 Å². The zero-order valence-electron chi connectivity index (χ0n) is 11.4. The molecule has 0 atom stereocenters. The number of thioether (sulfide) groups is 1. The van der Waals surface area contributed by atoms with Crippen LogP contribution in [-0.4, -0.2) is 11.7 Å². The third-order valence-corrected chi connectivity index (χ3v) is 3.99. The average Bonchev–Trinajstić information content (AvgIpc) is 2.42. The van der Waals surface area contributed by atoms with Crippen LogP contribution in [0.4, 0.5) is 10.1 Å². The van der Waals surface area contributed by atoms with E-state index in [1.54, 1.807) is 12.1 Å². The van der Waals surface area contributed by atoms with Crippen molar-refractivity contribution in [2.24, 2.45) is 0 Å². The van der Waals surface area contributed by atoms with Gasteiger partial charge in [-0.25, -0.2) is 4.39 Å². The van der Waals surface area contributed by atoms with Crippen LogP contribution in [-0.2, 0) is 4.79 Å². The molecule has 0 aliphatic heterocycles. The van der Waals surface area contributed by atoms with Crippen molar-refractivity contribution in [3.8, 4) is 0 Å². The molecule has 0 fully saturated rings. The molecule has 2 nitrogen and oxygen atoms in total. The molecule has 0 saturated heterocycles. The first-order valence-electron chi connectivity index (χ1n) is 6.30. The summed E-state index contributed by atoms with van der Waals surface area (Å²) in [6, 6.07) is 12.0. The summed E-state index contributed by atoms with van der Waals surface area (Å²) in [5.74, 6) is -0.0324. The van der Waals surface area contributed by atoms with Gasteiger partial charge in [0.2, 0.25) is 5.91 Å². The van der Waals surface area contributed by atoms with Crippen LogP contribution in [0.25, 0.3) is 0 Å². The van der Waals surface area contributed by atoms with Crippen LogP contribution in [0.5, 0.6) is 0 Å². The molecular formula is C16H16FNOS. The third kappa shape index (κ3) is 4.10. The summed E-state index contributed by atoms with van der Waals surface area (Å²) in [6.45, 7) is 4.05. The molecule has 20 heavy (non-hydrogen) atoms. The van der Waals surface area contributed by atoms with Gasteiger partial charge in [-0.1, -0.05) is 6.07 Å². The Morgan fingerprint density at radius 2 is 1.80 bits per heavy atom. The summed E-state index contributed by atoms with van der Waals surface area (Å²) < 4.78 is 12.8. The smallest absolute Gasteiger partial charge is 0.234 e. The lowest BCUT2D eigenvalue weighted by atomic mass is 10.1. The zero-order valence-corrected chi connectivity index (χ0v) is 12.3. The Bertz CT molecular complexity index is 610. The number of carbonyl (C=O) groups excluding carboxylic acids is 1. The van der Waals surface area contributed by atoms with E-state index in [4.69, 9.17) is 0 Å². The van der Waals surface area contributed by atoms with E-state index in [0.717, 1.165) is 16.1 Å². The van der Waals surface area contributed by atoms with Crippen molar-refractivity contribution in [2.75, 3.05) is 11.1 Å². The number of anilines is 1. The zero-order chi connectivity index (χ0) is 14.5. The third-order valence-electron chi connectivity index (χ3n) is 2.97.